The number of hydrogen-bond donors (Lipinski definition) is 0. The van der Waals surface area contributed by atoms with Crippen LogP contribution in [0, 0.1) is 18.3 Å². The van der Waals surface area contributed by atoms with Gasteiger partial charge in [-0.3, -0.25) is 9.30 Å². The van der Waals surface area contributed by atoms with Gasteiger partial charge in [0.25, 0.3) is 5.82 Å². The number of hydrogen-bond acceptors (Lipinski definition) is 4. The topological polar surface area (TPSA) is 61.7 Å². The second-order valence-electron chi connectivity index (χ2n) is 7.89. The van der Waals surface area contributed by atoms with Gasteiger partial charge in [0, 0.05) is 11.6 Å². The van der Waals surface area contributed by atoms with E-state index in [1.165, 1.54) is 0 Å². The number of rotatable bonds is 4. The summed E-state index contributed by atoms with van der Waals surface area (Å²) >= 11 is 0. The Morgan fingerprint density at radius 1 is 1.10 bits per heavy atom. The van der Waals surface area contributed by atoms with Gasteiger partial charge in [-0.05, 0) is 37.1 Å². The van der Waals surface area contributed by atoms with Crippen LogP contribution in [0.4, 0.5) is 11.6 Å². The lowest BCUT2D eigenvalue weighted by molar-refractivity contribution is -0.364. The van der Waals surface area contributed by atoms with Crippen LogP contribution >= 0.6 is 0 Å². The maximum absolute atomic E-state index is 9.94. The molecule has 0 atom stereocenters. The maximum Gasteiger partial charge on any atom is 0.274 e. The molecule has 1 saturated heterocycles. The summed E-state index contributed by atoms with van der Waals surface area (Å²) in [6.45, 7) is 9.63. The smallest absolute Gasteiger partial charge is 0.274 e. The first-order chi connectivity index (χ1) is 15.2. The van der Waals surface area contributed by atoms with Gasteiger partial charge in [0.2, 0.25) is 0 Å². The van der Waals surface area contributed by atoms with Crippen LogP contribution in [0.3, 0.4) is 0 Å². The number of benzene rings is 1. The van der Waals surface area contributed by atoms with E-state index in [1.807, 2.05) is 43.5 Å². The zero-order valence-electron chi connectivity index (χ0n) is 17.7. The highest BCUT2D eigenvalue weighted by Crippen LogP contribution is 2.34. The van der Waals surface area contributed by atoms with E-state index in [-0.39, 0.29) is 0 Å². The summed E-state index contributed by atoms with van der Waals surface area (Å²) in [5.74, 6) is 2.28. The highest BCUT2D eigenvalue weighted by atomic mass is 15.3. The monoisotopic (exact) mass is 409 g/mol. The van der Waals surface area contributed by atoms with Crippen LogP contribution in [0.2, 0.25) is 0 Å². The molecule has 4 aromatic rings. The summed E-state index contributed by atoms with van der Waals surface area (Å²) in [5.41, 5.74) is 5.49. The molecule has 1 aromatic carbocycles. The van der Waals surface area contributed by atoms with E-state index in [9.17, 15) is 5.26 Å². The van der Waals surface area contributed by atoms with E-state index in [0.29, 0.717) is 12.0 Å². The first-order valence-corrected chi connectivity index (χ1v) is 10.6. The molecular formula is C25H25N6+. The van der Waals surface area contributed by atoms with Gasteiger partial charge in [0.15, 0.2) is 5.65 Å². The highest BCUT2D eigenvalue weighted by molar-refractivity contribution is 5.86. The van der Waals surface area contributed by atoms with Crippen LogP contribution in [0.25, 0.3) is 16.7 Å². The standard InChI is InChI=1S/C25H24N6/c1-3-8-19-18(2)20(17-26)24-28-21-9-4-5-10-22(21)31(24)25(19)30-15-13-29(14-16-30)23-11-6-7-12-27-23/h3-7,9-12H,1,8,13-16H2,2H3/p+1. The first kappa shape index (κ1) is 19.1. The van der Waals surface area contributed by atoms with E-state index in [2.05, 4.69) is 50.0 Å². The third kappa shape index (κ3) is 3.10. The van der Waals surface area contributed by atoms with Crippen LogP contribution in [-0.2, 0) is 6.42 Å². The molecule has 31 heavy (non-hydrogen) atoms. The number of anilines is 2. The Balaban J connectivity index is 1.66. The number of para-hydroxylation sites is 2. The van der Waals surface area contributed by atoms with Gasteiger partial charge in [0.1, 0.15) is 25.0 Å². The van der Waals surface area contributed by atoms with Crippen molar-refractivity contribution in [3.05, 3.63) is 78.0 Å². The molecule has 1 fully saturated rings. The average molecular weight is 410 g/mol. The second kappa shape index (κ2) is 7.77. The van der Waals surface area contributed by atoms with Crippen molar-refractivity contribution in [3.8, 4) is 6.07 Å². The van der Waals surface area contributed by atoms with Crippen molar-refractivity contribution in [1.82, 2.24) is 9.38 Å². The minimum atomic E-state index is 0.648. The fourth-order valence-electron chi connectivity index (χ4n) is 4.62. The zero-order valence-corrected chi connectivity index (χ0v) is 17.7. The summed E-state index contributed by atoms with van der Waals surface area (Å²) in [7, 11) is 0. The number of nitrogens with one attached hydrogen (secondary N) is 1. The predicted octanol–water partition coefficient (Wildman–Crippen LogP) is 3.54. The Bertz CT molecular complexity index is 1310. The van der Waals surface area contributed by atoms with Gasteiger partial charge >= 0.3 is 0 Å². The molecule has 4 heterocycles. The van der Waals surface area contributed by atoms with Crippen molar-refractivity contribution in [2.75, 3.05) is 36.0 Å². The van der Waals surface area contributed by atoms with E-state index in [1.54, 1.807) is 0 Å². The first-order valence-electron chi connectivity index (χ1n) is 10.6. The molecule has 0 unspecified atom stereocenters. The number of nitriles is 1. The molecular weight excluding hydrogens is 384 g/mol. The number of aromatic nitrogens is 3. The zero-order chi connectivity index (χ0) is 21.4. The SMILES string of the molecule is C=CCc1c(C)c(C#N)c2nc3ccccc3n2c1N1CCN(c2cccc[nH+]2)CC1. The second-order valence-corrected chi connectivity index (χ2v) is 7.89. The average Bonchev–Trinajstić information content (AvgIpc) is 3.19. The van der Waals surface area contributed by atoms with Gasteiger partial charge in [-0.25, -0.2) is 9.97 Å². The lowest BCUT2D eigenvalue weighted by Gasteiger charge is -2.34. The van der Waals surface area contributed by atoms with Crippen molar-refractivity contribution in [2.45, 2.75) is 13.3 Å². The number of H-pyrrole nitrogens is 1. The number of aromatic amines is 1. The summed E-state index contributed by atoms with van der Waals surface area (Å²) in [6.07, 6.45) is 4.60. The summed E-state index contributed by atoms with van der Waals surface area (Å²) in [6, 6.07) is 16.7. The van der Waals surface area contributed by atoms with Gasteiger partial charge in [-0.2, -0.15) is 5.26 Å². The molecule has 5 rings (SSSR count). The van der Waals surface area contributed by atoms with Crippen LogP contribution in [-0.4, -0.2) is 35.6 Å². The summed E-state index contributed by atoms with van der Waals surface area (Å²) in [5, 5.41) is 9.94. The van der Waals surface area contributed by atoms with Crippen molar-refractivity contribution in [2.24, 2.45) is 0 Å². The van der Waals surface area contributed by atoms with Gasteiger partial charge in [-0.15, -0.1) is 6.58 Å². The molecule has 0 aliphatic carbocycles. The molecule has 154 valence electrons. The third-order valence-corrected chi connectivity index (χ3v) is 6.17. The largest absolute Gasteiger partial charge is 0.350 e. The summed E-state index contributed by atoms with van der Waals surface area (Å²) < 4.78 is 2.18. The van der Waals surface area contributed by atoms with E-state index >= 15 is 0 Å². The van der Waals surface area contributed by atoms with Crippen molar-refractivity contribution in [1.29, 1.82) is 5.26 Å². The number of fused-ring (bicyclic) bond motifs is 3. The molecule has 0 radical (unpaired) electrons. The van der Waals surface area contributed by atoms with Crippen molar-refractivity contribution < 1.29 is 4.98 Å². The molecule has 0 saturated carbocycles. The fourth-order valence-corrected chi connectivity index (χ4v) is 4.62. The molecule has 0 amide bonds. The molecule has 1 aliphatic rings. The number of allylic oxidation sites excluding steroid dienone is 1. The molecule has 3 aromatic heterocycles. The Morgan fingerprint density at radius 3 is 2.55 bits per heavy atom. The molecule has 6 heteroatoms. The molecule has 0 bridgehead atoms. The highest BCUT2D eigenvalue weighted by Gasteiger charge is 2.28. The van der Waals surface area contributed by atoms with E-state index in [0.717, 1.165) is 65.6 Å². The quantitative estimate of drug-likeness (QED) is 0.484. The van der Waals surface area contributed by atoms with Crippen molar-refractivity contribution >= 4 is 28.3 Å². The van der Waals surface area contributed by atoms with Crippen LogP contribution in [0.1, 0.15) is 16.7 Å². The lowest BCUT2D eigenvalue weighted by Crippen LogP contribution is -2.48. The van der Waals surface area contributed by atoms with Gasteiger partial charge in [0.05, 0.1) is 35.9 Å². The maximum atomic E-state index is 9.94. The molecule has 1 aliphatic heterocycles. The minimum Gasteiger partial charge on any atom is -0.350 e. The van der Waals surface area contributed by atoms with Gasteiger partial charge < -0.3 is 4.90 Å². The Labute approximate surface area is 181 Å². The number of nitrogens with zero attached hydrogens (tertiary/aromatic N) is 5. The minimum absolute atomic E-state index is 0.648. The van der Waals surface area contributed by atoms with Gasteiger partial charge in [-0.1, -0.05) is 24.3 Å². The number of pyridine rings is 2. The Kier molecular flexibility index (Phi) is 4.79. The fraction of sp³-hybridized carbons (Fsp3) is 0.240. The normalized spacial score (nSPS) is 14.2. The van der Waals surface area contributed by atoms with Crippen molar-refractivity contribution in [3.63, 3.8) is 0 Å². The van der Waals surface area contributed by atoms with Crippen LogP contribution in [0.5, 0.6) is 0 Å². The molecule has 6 nitrogen and oxygen atoms in total. The van der Waals surface area contributed by atoms with Crippen LogP contribution in [0.15, 0.2) is 61.3 Å². The molecule has 0 spiro atoms. The number of imidazole rings is 1. The Morgan fingerprint density at radius 2 is 1.84 bits per heavy atom. The van der Waals surface area contributed by atoms with Crippen LogP contribution < -0.4 is 14.8 Å². The molecule has 1 N–H and O–H groups in total. The third-order valence-electron chi connectivity index (χ3n) is 6.17. The Hall–Kier alpha value is -3.85. The number of piperazine rings is 1. The lowest BCUT2D eigenvalue weighted by atomic mass is 10.0. The van der Waals surface area contributed by atoms with E-state index in [4.69, 9.17) is 4.98 Å². The summed E-state index contributed by atoms with van der Waals surface area (Å²) in [4.78, 5) is 13.0. The van der Waals surface area contributed by atoms with E-state index < -0.39 is 0 Å². The predicted molar refractivity (Wildman–Crippen MR) is 123 cm³/mol.